The molecule has 0 unspecified atom stereocenters. The van der Waals surface area contributed by atoms with Crippen molar-refractivity contribution in [3.05, 3.63) is 23.8 Å². The third-order valence-electron chi connectivity index (χ3n) is 2.02. The second-order valence-corrected chi connectivity index (χ2v) is 3.01. The minimum absolute atomic E-state index is 0.177. The van der Waals surface area contributed by atoms with Crippen LogP contribution in [-0.4, -0.2) is 19.7 Å². The Kier molecular flexibility index (Phi) is 3.97. The van der Waals surface area contributed by atoms with Gasteiger partial charge in [0.05, 0.1) is 25.8 Å². The van der Waals surface area contributed by atoms with Crippen LogP contribution in [0.2, 0.25) is 0 Å². The average molecular weight is 209 g/mol. The van der Waals surface area contributed by atoms with Gasteiger partial charge in [-0.15, -0.1) is 0 Å². The van der Waals surface area contributed by atoms with Crippen LogP contribution in [0.4, 0.5) is 5.69 Å². The van der Waals surface area contributed by atoms with Crippen molar-refractivity contribution in [1.82, 2.24) is 0 Å². The fraction of sp³-hybridized carbons (Fsp3) is 0.364. The smallest absolute Gasteiger partial charge is 0.310 e. The molecule has 0 aliphatic rings. The Balaban J connectivity index is 2.81. The van der Waals surface area contributed by atoms with Crippen molar-refractivity contribution in [1.29, 1.82) is 0 Å². The van der Waals surface area contributed by atoms with Gasteiger partial charge in [0.1, 0.15) is 5.75 Å². The lowest BCUT2D eigenvalue weighted by molar-refractivity contribution is -0.142. The number of anilines is 1. The lowest BCUT2D eigenvalue weighted by Gasteiger charge is -2.09. The summed E-state index contributed by atoms with van der Waals surface area (Å²) in [6.07, 6.45) is 0.177. The zero-order valence-corrected chi connectivity index (χ0v) is 8.95. The van der Waals surface area contributed by atoms with Crippen molar-refractivity contribution in [2.24, 2.45) is 0 Å². The summed E-state index contributed by atoms with van der Waals surface area (Å²) < 4.78 is 9.89. The molecule has 4 heteroatoms. The van der Waals surface area contributed by atoms with Crippen LogP contribution in [0, 0.1) is 0 Å². The molecule has 15 heavy (non-hydrogen) atoms. The van der Waals surface area contributed by atoms with Crippen molar-refractivity contribution in [3.63, 3.8) is 0 Å². The number of para-hydroxylation sites is 1. The van der Waals surface area contributed by atoms with Gasteiger partial charge in [-0.3, -0.25) is 4.79 Å². The molecule has 0 radical (unpaired) electrons. The second-order valence-electron chi connectivity index (χ2n) is 3.01. The molecule has 2 N–H and O–H groups in total. The molecule has 0 heterocycles. The van der Waals surface area contributed by atoms with Crippen LogP contribution >= 0.6 is 0 Å². The largest absolute Gasteiger partial charge is 0.495 e. The first-order valence-corrected chi connectivity index (χ1v) is 4.76. The molecule has 0 fully saturated rings. The third-order valence-corrected chi connectivity index (χ3v) is 2.02. The van der Waals surface area contributed by atoms with E-state index in [9.17, 15) is 4.79 Å². The van der Waals surface area contributed by atoms with E-state index < -0.39 is 0 Å². The Morgan fingerprint density at radius 3 is 2.80 bits per heavy atom. The quantitative estimate of drug-likeness (QED) is 0.601. The highest BCUT2D eigenvalue weighted by molar-refractivity contribution is 5.76. The predicted molar refractivity (Wildman–Crippen MR) is 57.7 cm³/mol. The molecule has 0 amide bonds. The molecule has 0 aliphatic heterocycles. The SMILES string of the molecule is CCOC(=O)Cc1cccc(OC)c1N. The Hall–Kier alpha value is -1.71. The van der Waals surface area contributed by atoms with E-state index in [1.165, 1.54) is 0 Å². The molecule has 1 rings (SSSR count). The molecule has 0 bridgehead atoms. The van der Waals surface area contributed by atoms with Gasteiger partial charge in [-0.1, -0.05) is 12.1 Å². The highest BCUT2D eigenvalue weighted by atomic mass is 16.5. The van der Waals surface area contributed by atoms with Crippen molar-refractivity contribution >= 4 is 11.7 Å². The van der Waals surface area contributed by atoms with Crippen LogP contribution in [0.15, 0.2) is 18.2 Å². The number of ether oxygens (including phenoxy) is 2. The summed E-state index contributed by atoms with van der Waals surface area (Å²) in [4.78, 5) is 11.2. The van der Waals surface area contributed by atoms with E-state index in [0.717, 1.165) is 5.56 Å². The summed E-state index contributed by atoms with van der Waals surface area (Å²) in [5.41, 5.74) is 7.03. The third kappa shape index (κ3) is 2.87. The highest BCUT2D eigenvalue weighted by Gasteiger charge is 2.09. The number of hydrogen-bond donors (Lipinski definition) is 1. The number of carbonyl (C=O) groups excluding carboxylic acids is 1. The molecule has 0 aromatic heterocycles. The summed E-state index contributed by atoms with van der Waals surface area (Å²) in [6, 6.07) is 5.34. The Labute approximate surface area is 89.0 Å². The van der Waals surface area contributed by atoms with Gasteiger partial charge in [0, 0.05) is 0 Å². The van der Waals surface area contributed by atoms with Gasteiger partial charge in [-0.2, -0.15) is 0 Å². The zero-order chi connectivity index (χ0) is 11.3. The number of esters is 1. The first-order chi connectivity index (χ1) is 7.19. The molecule has 4 nitrogen and oxygen atoms in total. The standard InChI is InChI=1S/C11H15NO3/c1-3-15-10(13)7-8-5-4-6-9(14-2)11(8)12/h4-6H,3,7,12H2,1-2H3. The number of hydrogen-bond acceptors (Lipinski definition) is 4. The molecular weight excluding hydrogens is 194 g/mol. The monoisotopic (exact) mass is 209 g/mol. The molecule has 0 saturated heterocycles. The number of carbonyl (C=O) groups is 1. The highest BCUT2D eigenvalue weighted by Crippen LogP contribution is 2.25. The maximum Gasteiger partial charge on any atom is 0.310 e. The molecular formula is C11H15NO3. The summed E-state index contributed by atoms with van der Waals surface area (Å²) >= 11 is 0. The molecule has 1 aromatic rings. The van der Waals surface area contributed by atoms with E-state index in [-0.39, 0.29) is 12.4 Å². The average Bonchev–Trinajstić information content (AvgIpc) is 2.21. The van der Waals surface area contributed by atoms with Crippen LogP contribution in [0.5, 0.6) is 5.75 Å². The zero-order valence-electron chi connectivity index (χ0n) is 8.95. The van der Waals surface area contributed by atoms with E-state index in [0.29, 0.717) is 18.0 Å². The lowest BCUT2D eigenvalue weighted by atomic mass is 10.1. The van der Waals surface area contributed by atoms with Gasteiger partial charge in [0.2, 0.25) is 0 Å². The van der Waals surface area contributed by atoms with Crippen LogP contribution in [0.25, 0.3) is 0 Å². The Morgan fingerprint density at radius 1 is 1.47 bits per heavy atom. The number of methoxy groups -OCH3 is 1. The Morgan fingerprint density at radius 2 is 2.20 bits per heavy atom. The van der Waals surface area contributed by atoms with Crippen LogP contribution < -0.4 is 10.5 Å². The normalized spacial score (nSPS) is 9.73. The Bertz CT molecular complexity index is 350. The van der Waals surface area contributed by atoms with Gasteiger partial charge < -0.3 is 15.2 Å². The van der Waals surface area contributed by atoms with Crippen molar-refractivity contribution in [2.75, 3.05) is 19.5 Å². The van der Waals surface area contributed by atoms with E-state index >= 15 is 0 Å². The summed E-state index contributed by atoms with van der Waals surface area (Å²) in [5.74, 6) is 0.300. The molecule has 82 valence electrons. The number of rotatable bonds is 4. The van der Waals surface area contributed by atoms with E-state index in [1.807, 2.05) is 0 Å². The topological polar surface area (TPSA) is 61.5 Å². The summed E-state index contributed by atoms with van der Waals surface area (Å²) in [6.45, 7) is 2.15. The van der Waals surface area contributed by atoms with E-state index in [4.69, 9.17) is 15.2 Å². The van der Waals surface area contributed by atoms with Crippen molar-refractivity contribution in [3.8, 4) is 5.75 Å². The fourth-order valence-electron chi connectivity index (χ4n) is 1.29. The van der Waals surface area contributed by atoms with E-state index in [1.54, 1.807) is 32.2 Å². The molecule has 1 aromatic carbocycles. The lowest BCUT2D eigenvalue weighted by Crippen LogP contribution is -2.09. The van der Waals surface area contributed by atoms with Crippen molar-refractivity contribution in [2.45, 2.75) is 13.3 Å². The molecule has 0 aliphatic carbocycles. The van der Waals surface area contributed by atoms with Crippen LogP contribution in [0.1, 0.15) is 12.5 Å². The maximum absolute atomic E-state index is 11.2. The second kappa shape index (κ2) is 5.24. The summed E-state index contributed by atoms with van der Waals surface area (Å²) in [7, 11) is 1.54. The molecule has 0 atom stereocenters. The minimum Gasteiger partial charge on any atom is -0.495 e. The van der Waals surface area contributed by atoms with Gasteiger partial charge in [0.25, 0.3) is 0 Å². The predicted octanol–water partition coefficient (Wildman–Crippen LogP) is 1.38. The van der Waals surface area contributed by atoms with Crippen LogP contribution in [-0.2, 0) is 16.0 Å². The number of nitrogens with two attached hydrogens (primary N) is 1. The minimum atomic E-state index is -0.280. The number of nitrogen functional groups attached to an aromatic ring is 1. The van der Waals surface area contributed by atoms with Gasteiger partial charge in [-0.05, 0) is 18.6 Å². The fourth-order valence-corrected chi connectivity index (χ4v) is 1.29. The van der Waals surface area contributed by atoms with Gasteiger partial charge in [-0.25, -0.2) is 0 Å². The van der Waals surface area contributed by atoms with E-state index in [2.05, 4.69) is 0 Å². The van der Waals surface area contributed by atoms with Crippen molar-refractivity contribution < 1.29 is 14.3 Å². The number of benzene rings is 1. The van der Waals surface area contributed by atoms with Crippen LogP contribution in [0.3, 0.4) is 0 Å². The van der Waals surface area contributed by atoms with Gasteiger partial charge in [0.15, 0.2) is 0 Å². The summed E-state index contributed by atoms with van der Waals surface area (Å²) in [5, 5.41) is 0. The molecule has 0 saturated carbocycles. The van der Waals surface area contributed by atoms with Gasteiger partial charge >= 0.3 is 5.97 Å². The maximum atomic E-state index is 11.2. The first kappa shape index (κ1) is 11.4. The molecule has 0 spiro atoms. The first-order valence-electron chi connectivity index (χ1n) is 4.76.